The largest absolute Gasteiger partial charge is 0.378 e. The lowest BCUT2D eigenvalue weighted by Crippen LogP contribution is -2.43. The first kappa shape index (κ1) is 16.8. The zero-order valence-corrected chi connectivity index (χ0v) is 14.0. The van der Waals surface area contributed by atoms with Gasteiger partial charge in [-0.15, -0.1) is 0 Å². The normalized spacial score (nSPS) is 13.0. The van der Waals surface area contributed by atoms with Crippen LogP contribution in [0.3, 0.4) is 0 Å². The molecule has 2 rings (SSSR count). The van der Waals surface area contributed by atoms with Gasteiger partial charge in [-0.3, -0.25) is 9.48 Å². The molecule has 2 aromatic rings. The van der Waals surface area contributed by atoms with Gasteiger partial charge in [-0.25, -0.2) is 0 Å². The Morgan fingerprint density at radius 2 is 1.91 bits per heavy atom. The van der Waals surface area contributed by atoms with Gasteiger partial charge in [-0.2, -0.15) is 5.10 Å². The third-order valence-corrected chi connectivity index (χ3v) is 3.75. The van der Waals surface area contributed by atoms with Gasteiger partial charge in [0, 0.05) is 28.9 Å². The van der Waals surface area contributed by atoms with E-state index in [2.05, 4.69) is 10.4 Å². The van der Waals surface area contributed by atoms with Crippen LogP contribution in [0.25, 0.3) is 0 Å². The van der Waals surface area contributed by atoms with Crippen molar-refractivity contribution in [1.29, 1.82) is 0 Å². The highest BCUT2D eigenvalue weighted by molar-refractivity contribution is 6.34. The Bertz CT molecular complexity index is 678. The van der Waals surface area contributed by atoms with Crippen molar-refractivity contribution in [1.82, 2.24) is 15.1 Å². The molecule has 0 saturated carbocycles. The minimum absolute atomic E-state index is 0.344. The fraction of sp³-hybridized carbons (Fsp3) is 0.333. The van der Waals surface area contributed by atoms with Crippen LogP contribution in [0.15, 0.2) is 30.6 Å². The summed E-state index contributed by atoms with van der Waals surface area (Å²) in [6, 6.07) is 4.56. The van der Waals surface area contributed by atoms with E-state index in [-0.39, 0.29) is 0 Å². The molecule has 118 valence electrons. The van der Waals surface area contributed by atoms with E-state index in [1.54, 1.807) is 17.9 Å². The fourth-order valence-corrected chi connectivity index (χ4v) is 2.62. The highest BCUT2D eigenvalue weighted by atomic mass is 35.5. The van der Waals surface area contributed by atoms with Crippen molar-refractivity contribution in [3.05, 3.63) is 51.8 Å². The van der Waals surface area contributed by atoms with E-state index < -0.39 is 17.6 Å². The number of hydrogen-bond acceptors (Lipinski definition) is 3. The van der Waals surface area contributed by atoms with Gasteiger partial charge in [0.25, 0.3) is 5.91 Å². The average Bonchev–Trinajstić information content (AvgIpc) is 2.83. The summed E-state index contributed by atoms with van der Waals surface area (Å²) in [7, 11) is 1.80. The summed E-state index contributed by atoms with van der Waals surface area (Å²) in [5.41, 5.74) is 0.506. The summed E-state index contributed by atoms with van der Waals surface area (Å²) < 4.78 is 1.65. The number of halogens is 2. The van der Waals surface area contributed by atoms with Gasteiger partial charge in [0.05, 0.1) is 11.7 Å². The van der Waals surface area contributed by atoms with E-state index in [1.165, 1.54) is 18.2 Å². The molecule has 1 atom stereocenters. The van der Waals surface area contributed by atoms with Crippen LogP contribution in [0.1, 0.15) is 31.1 Å². The average molecular weight is 342 g/mol. The zero-order valence-electron chi connectivity index (χ0n) is 12.5. The number of amides is 1. The Labute approximate surface area is 138 Å². The minimum atomic E-state index is -1.35. The number of aliphatic hydroxyl groups excluding tert-OH is 1. The number of carbonyl (C=O) groups is 1. The van der Waals surface area contributed by atoms with Gasteiger partial charge in [0.15, 0.2) is 6.10 Å². The Hall–Kier alpha value is -1.56. The van der Waals surface area contributed by atoms with Gasteiger partial charge in [-0.05, 0) is 37.6 Å². The third kappa shape index (κ3) is 3.80. The molecule has 0 aliphatic carbocycles. The zero-order chi connectivity index (χ0) is 16.5. The van der Waals surface area contributed by atoms with E-state index in [4.69, 9.17) is 23.2 Å². The molecule has 1 heterocycles. The molecule has 1 aromatic carbocycles. The highest BCUT2D eigenvalue weighted by Crippen LogP contribution is 2.25. The topological polar surface area (TPSA) is 67.2 Å². The quantitative estimate of drug-likeness (QED) is 0.898. The van der Waals surface area contributed by atoms with Gasteiger partial charge < -0.3 is 10.4 Å². The lowest BCUT2D eigenvalue weighted by molar-refractivity contribution is -0.131. The molecule has 0 bridgehead atoms. The van der Waals surface area contributed by atoms with Crippen LogP contribution in [-0.2, 0) is 17.4 Å². The monoisotopic (exact) mass is 341 g/mol. The number of nitrogens with one attached hydrogen (secondary N) is 1. The number of benzene rings is 1. The molecule has 2 N–H and O–H groups in total. The smallest absolute Gasteiger partial charge is 0.254 e. The summed E-state index contributed by atoms with van der Waals surface area (Å²) in [6.07, 6.45) is 2.12. The molecular formula is C15H17Cl2N3O2. The maximum atomic E-state index is 12.3. The van der Waals surface area contributed by atoms with Crippen LogP contribution >= 0.6 is 23.2 Å². The second-order valence-corrected chi connectivity index (χ2v) is 6.50. The molecule has 0 spiro atoms. The lowest BCUT2D eigenvalue weighted by atomic mass is 9.96. The summed E-state index contributed by atoms with van der Waals surface area (Å²) in [6.45, 7) is 3.67. The SMILES string of the molecule is Cn1cc(C(C)(C)NC(=O)[C@@H](O)c2cc(Cl)cc(Cl)c2)cn1. The van der Waals surface area contributed by atoms with Crippen molar-refractivity contribution in [2.45, 2.75) is 25.5 Å². The molecule has 0 fully saturated rings. The number of hydrogen-bond donors (Lipinski definition) is 2. The van der Waals surface area contributed by atoms with Crippen LogP contribution in [0.5, 0.6) is 0 Å². The fourth-order valence-electron chi connectivity index (χ4n) is 2.08. The van der Waals surface area contributed by atoms with Crippen molar-refractivity contribution in [2.24, 2.45) is 7.05 Å². The molecule has 0 radical (unpaired) electrons. The molecular weight excluding hydrogens is 325 g/mol. The van der Waals surface area contributed by atoms with E-state index in [0.29, 0.717) is 15.6 Å². The van der Waals surface area contributed by atoms with Crippen LogP contribution in [0.2, 0.25) is 10.0 Å². The van der Waals surface area contributed by atoms with Crippen LogP contribution in [0.4, 0.5) is 0 Å². The summed E-state index contributed by atoms with van der Waals surface area (Å²) in [4.78, 5) is 12.3. The molecule has 0 aliphatic heterocycles. The molecule has 0 aliphatic rings. The van der Waals surface area contributed by atoms with Crippen LogP contribution in [-0.4, -0.2) is 20.8 Å². The second-order valence-electron chi connectivity index (χ2n) is 5.62. The van der Waals surface area contributed by atoms with Crippen LogP contribution < -0.4 is 5.32 Å². The molecule has 1 amide bonds. The van der Waals surface area contributed by atoms with Gasteiger partial charge in [0.1, 0.15) is 0 Å². The van der Waals surface area contributed by atoms with Gasteiger partial charge in [0.2, 0.25) is 0 Å². The number of rotatable bonds is 4. The first-order valence-corrected chi connectivity index (χ1v) is 7.40. The molecule has 5 nitrogen and oxygen atoms in total. The number of nitrogens with zero attached hydrogens (tertiary/aromatic N) is 2. The third-order valence-electron chi connectivity index (χ3n) is 3.31. The Balaban J connectivity index is 2.17. The van der Waals surface area contributed by atoms with E-state index in [1.807, 2.05) is 20.0 Å². The Morgan fingerprint density at radius 3 is 2.41 bits per heavy atom. The maximum Gasteiger partial charge on any atom is 0.254 e. The van der Waals surface area contributed by atoms with Crippen molar-refractivity contribution in [3.8, 4) is 0 Å². The molecule has 22 heavy (non-hydrogen) atoms. The summed E-state index contributed by atoms with van der Waals surface area (Å²) >= 11 is 11.8. The highest BCUT2D eigenvalue weighted by Gasteiger charge is 2.28. The number of carbonyl (C=O) groups excluding carboxylic acids is 1. The lowest BCUT2D eigenvalue weighted by Gasteiger charge is -2.26. The minimum Gasteiger partial charge on any atom is -0.378 e. The predicted molar refractivity (Wildman–Crippen MR) is 85.8 cm³/mol. The molecule has 1 aromatic heterocycles. The Morgan fingerprint density at radius 1 is 1.32 bits per heavy atom. The summed E-state index contributed by atoms with van der Waals surface area (Å²) in [5, 5.41) is 17.8. The first-order valence-electron chi connectivity index (χ1n) is 6.64. The summed E-state index contributed by atoms with van der Waals surface area (Å²) in [5.74, 6) is -0.535. The maximum absolute atomic E-state index is 12.3. The van der Waals surface area contributed by atoms with Crippen molar-refractivity contribution in [3.63, 3.8) is 0 Å². The van der Waals surface area contributed by atoms with E-state index in [0.717, 1.165) is 5.56 Å². The molecule has 0 saturated heterocycles. The number of aromatic nitrogens is 2. The second kappa shape index (κ2) is 6.28. The Kier molecular flexibility index (Phi) is 4.80. The molecule has 0 unspecified atom stereocenters. The van der Waals surface area contributed by atoms with Crippen LogP contribution in [0, 0.1) is 0 Å². The molecule has 7 heteroatoms. The van der Waals surface area contributed by atoms with Crippen molar-refractivity contribution < 1.29 is 9.90 Å². The van der Waals surface area contributed by atoms with Crippen molar-refractivity contribution >= 4 is 29.1 Å². The van der Waals surface area contributed by atoms with Gasteiger partial charge >= 0.3 is 0 Å². The number of aryl methyl sites for hydroxylation is 1. The first-order chi connectivity index (χ1) is 10.2. The predicted octanol–water partition coefficient (Wildman–Crippen LogP) is 2.81. The number of aliphatic hydroxyl groups is 1. The van der Waals surface area contributed by atoms with E-state index >= 15 is 0 Å². The van der Waals surface area contributed by atoms with Gasteiger partial charge in [-0.1, -0.05) is 23.2 Å². The standard InChI is InChI=1S/C15H17Cl2N3O2/c1-15(2,10-7-18-20(3)8-10)19-14(22)13(21)9-4-11(16)6-12(17)5-9/h4-8,13,21H,1-3H3,(H,19,22)/t13-/m0/s1. The van der Waals surface area contributed by atoms with E-state index in [9.17, 15) is 9.90 Å². The van der Waals surface area contributed by atoms with Crippen molar-refractivity contribution in [2.75, 3.05) is 0 Å².